The van der Waals surface area contributed by atoms with E-state index in [1.54, 1.807) is 6.08 Å². The van der Waals surface area contributed by atoms with Crippen LogP contribution in [0.5, 0.6) is 0 Å². The van der Waals surface area contributed by atoms with Gasteiger partial charge in [-0.05, 0) is 72.3 Å². The first-order valence-corrected chi connectivity index (χ1v) is 11.3. The van der Waals surface area contributed by atoms with Crippen molar-refractivity contribution in [1.29, 1.82) is 0 Å². The highest BCUT2D eigenvalue weighted by atomic mass is 16.5. The summed E-state index contributed by atoms with van der Waals surface area (Å²) >= 11 is 0. The number of hydrogen-bond acceptors (Lipinski definition) is 3. The van der Waals surface area contributed by atoms with Crippen molar-refractivity contribution in [3.05, 3.63) is 64.1 Å². The summed E-state index contributed by atoms with van der Waals surface area (Å²) in [6, 6.07) is 9.30. The van der Waals surface area contributed by atoms with Crippen molar-refractivity contribution < 1.29 is 13.9 Å². The van der Waals surface area contributed by atoms with E-state index in [4.69, 9.17) is 9.15 Å². The third-order valence-electron chi connectivity index (χ3n) is 7.08. The van der Waals surface area contributed by atoms with E-state index in [1.165, 1.54) is 41.2 Å². The Bertz CT molecular complexity index is 974. The van der Waals surface area contributed by atoms with Gasteiger partial charge in [0.25, 0.3) is 0 Å². The summed E-state index contributed by atoms with van der Waals surface area (Å²) in [6.45, 7) is 11.7. The molecule has 1 aromatic heterocycles. The molecule has 0 aliphatic heterocycles. The Balaban J connectivity index is 1.68. The molecule has 0 saturated heterocycles. The molecule has 4 rings (SSSR count). The Morgan fingerprint density at radius 2 is 1.87 bits per heavy atom. The topological polar surface area (TPSA) is 39.4 Å². The number of fused-ring (bicyclic) bond motifs is 2. The number of esters is 1. The van der Waals surface area contributed by atoms with E-state index in [2.05, 4.69) is 52.0 Å². The summed E-state index contributed by atoms with van der Waals surface area (Å²) in [6.07, 6.45) is 8.85. The Kier molecular flexibility index (Phi) is 5.42. The zero-order chi connectivity index (χ0) is 21.5. The molecule has 1 atom stereocenters. The molecule has 30 heavy (non-hydrogen) atoms. The minimum Gasteiger partial charge on any atom is -0.463 e. The monoisotopic (exact) mass is 406 g/mol. The number of benzene rings is 1. The van der Waals surface area contributed by atoms with Crippen LogP contribution in [-0.4, -0.2) is 12.6 Å². The van der Waals surface area contributed by atoms with Gasteiger partial charge >= 0.3 is 5.97 Å². The summed E-state index contributed by atoms with van der Waals surface area (Å²) in [5.41, 5.74) is 6.13. The van der Waals surface area contributed by atoms with Gasteiger partial charge in [-0.3, -0.25) is 0 Å². The lowest BCUT2D eigenvalue weighted by molar-refractivity contribution is -0.137. The minimum atomic E-state index is -0.331. The van der Waals surface area contributed by atoms with E-state index in [9.17, 15) is 4.79 Å². The predicted octanol–water partition coefficient (Wildman–Crippen LogP) is 6.67. The number of carbonyl (C=O) groups excluding carboxylic acids is 1. The number of ether oxygens (including phenoxy) is 1. The van der Waals surface area contributed by atoms with Gasteiger partial charge in [0.05, 0.1) is 6.61 Å². The van der Waals surface area contributed by atoms with Gasteiger partial charge in [-0.1, -0.05) is 45.9 Å². The van der Waals surface area contributed by atoms with Crippen molar-refractivity contribution in [3.8, 4) is 0 Å². The minimum absolute atomic E-state index is 0.211. The fraction of sp³-hybridized carbons (Fsp3) is 0.519. The standard InChI is InChI=1S/C27H34O3/c1-6-29-25(28)13-11-19-17-21-20(8-7-9-24(21)30-19)18-10-12-22-23(16-18)27(4,5)15-14-26(22,2)3/h10-13,16-17,20H,6-9,14-15H2,1-5H3/b13-11+. The van der Waals surface area contributed by atoms with E-state index in [-0.39, 0.29) is 16.8 Å². The Morgan fingerprint density at radius 3 is 2.60 bits per heavy atom. The lowest BCUT2D eigenvalue weighted by Gasteiger charge is -2.42. The number of carbonyl (C=O) groups is 1. The third kappa shape index (κ3) is 3.87. The first-order valence-electron chi connectivity index (χ1n) is 11.3. The van der Waals surface area contributed by atoms with Gasteiger partial charge in [0.1, 0.15) is 11.5 Å². The van der Waals surface area contributed by atoms with Gasteiger partial charge < -0.3 is 9.15 Å². The molecule has 1 heterocycles. The van der Waals surface area contributed by atoms with Gasteiger partial charge in [0.2, 0.25) is 0 Å². The summed E-state index contributed by atoms with van der Waals surface area (Å²) < 4.78 is 11.1. The molecule has 0 amide bonds. The fourth-order valence-electron chi connectivity index (χ4n) is 5.17. The molecule has 160 valence electrons. The van der Waals surface area contributed by atoms with Crippen LogP contribution in [-0.2, 0) is 26.8 Å². The molecule has 1 aromatic carbocycles. The summed E-state index contributed by atoms with van der Waals surface area (Å²) in [5, 5.41) is 0. The normalized spacial score (nSPS) is 21.8. The van der Waals surface area contributed by atoms with Crippen LogP contribution in [0.2, 0.25) is 0 Å². The van der Waals surface area contributed by atoms with Crippen molar-refractivity contribution in [2.45, 2.75) is 83.5 Å². The molecular formula is C27H34O3. The molecule has 3 heteroatoms. The van der Waals surface area contributed by atoms with E-state index in [0.29, 0.717) is 12.5 Å². The maximum absolute atomic E-state index is 11.6. The maximum Gasteiger partial charge on any atom is 0.330 e. The maximum atomic E-state index is 11.6. The zero-order valence-electron chi connectivity index (χ0n) is 19.0. The number of furan rings is 1. The van der Waals surface area contributed by atoms with Crippen molar-refractivity contribution >= 4 is 12.0 Å². The second kappa shape index (κ2) is 7.76. The molecule has 0 radical (unpaired) electrons. The van der Waals surface area contributed by atoms with Crippen LogP contribution in [0.4, 0.5) is 0 Å². The average molecular weight is 407 g/mol. The highest BCUT2D eigenvalue weighted by Crippen LogP contribution is 2.48. The lowest BCUT2D eigenvalue weighted by atomic mass is 9.62. The molecule has 1 unspecified atom stereocenters. The SMILES string of the molecule is CCOC(=O)/C=C/c1cc2c(o1)CCCC2c1ccc2c(c1)C(C)(C)CCC2(C)C. The van der Waals surface area contributed by atoms with Crippen LogP contribution in [0.3, 0.4) is 0 Å². The highest BCUT2D eigenvalue weighted by Gasteiger charge is 2.37. The third-order valence-corrected chi connectivity index (χ3v) is 7.08. The van der Waals surface area contributed by atoms with Crippen molar-refractivity contribution in [2.75, 3.05) is 6.61 Å². The van der Waals surface area contributed by atoms with Gasteiger partial charge in [-0.25, -0.2) is 4.79 Å². The molecule has 0 spiro atoms. The van der Waals surface area contributed by atoms with E-state index in [1.807, 2.05) is 6.92 Å². The quantitative estimate of drug-likeness (QED) is 0.420. The molecule has 0 saturated carbocycles. The van der Waals surface area contributed by atoms with Crippen LogP contribution < -0.4 is 0 Å². The second-order valence-electron chi connectivity index (χ2n) is 10.1. The van der Waals surface area contributed by atoms with E-state index in [0.717, 1.165) is 30.8 Å². The molecule has 0 N–H and O–H groups in total. The number of rotatable bonds is 4. The van der Waals surface area contributed by atoms with Crippen molar-refractivity contribution in [1.82, 2.24) is 0 Å². The van der Waals surface area contributed by atoms with Gasteiger partial charge in [0, 0.05) is 24.0 Å². The Labute approximate surface area is 180 Å². The van der Waals surface area contributed by atoms with Gasteiger partial charge in [-0.15, -0.1) is 0 Å². The Hall–Kier alpha value is -2.29. The molecule has 2 aliphatic carbocycles. The average Bonchev–Trinajstić information content (AvgIpc) is 3.13. The highest BCUT2D eigenvalue weighted by molar-refractivity contribution is 5.86. The smallest absolute Gasteiger partial charge is 0.330 e. The van der Waals surface area contributed by atoms with Crippen molar-refractivity contribution in [3.63, 3.8) is 0 Å². The summed E-state index contributed by atoms with van der Waals surface area (Å²) in [7, 11) is 0. The largest absolute Gasteiger partial charge is 0.463 e. The fourth-order valence-corrected chi connectivity index (χ4v) is 5.17. The van der Waals surface area contributed by atoms with Crippen LogP contribution in [0.25, 0.3) is 6.08 Å². The predicted molar refractivity (Wildman–Crippen MR) is 121 cm³/mol. The van der Waals surface area contributed by atoms with Gasteiger partial charge in [-0.2, -0.15) is 0 Å². The lowest BCUT2D eigenvalue weighted by Crippen LogP contribution is -2.34. The molecule has 0 fully saturated rings. The van der Waals surface area contributed by atoms with E-state index >= 15 is 0 Å². The molecular weight excluding hydrogens is 372 g/mol. The molecule has 0 bridgehead atoms. The first-order chi connectivity index (χ1) is 14.2. The van der Waals surface area contributed by atoms with Crippen molar-refractivity contribution in [2.24, 2.45) is 0 Å². The molecule has 2 aromatic rings. The van der Waals surface area contributed by atoms with E-state index < -0.39 is 0 Å². The second-order valence-corrected chi connectivity index (χ2v) is 10.1. The summed E-state index contributed by atoms with van der Waals surface area (Å²) in [5.74, 6) is 1.82. The number of aryl methyl sites for hydroxylation is 1. The van der Waals surface area contributed by atoms with Gasteiger partial charge in [0.15, 0.2) is 0 Å². The first kappa shape index (κ1) is 21.0. The van der Waals surface area contributed by atoms with Crippen LogP contribution in [0, 0.1) is 0 Å². The zero-order valence-corrected chi connectivity index (χ0v) is 19.0. The van der Waals surface area contributed by atoms with Crippen LogP contribution >= 0.6 is 0 Å². The van der Waals surface area contributed by atoms with Crippen LogP contribution in [0.15, 0.2) is 34.8 Å². The molecule has 3 nitrogen and oxygen atoms in total. The van der Waals surface area contributed by atoms with Crippen LogP contribution in [0.1, 0.15) is 100.0 Å². The number of hydrogen-bond donors (Lipinski definition) is 0. The molecule has 2 aliphatic rings. The Morgan fingerprint density at radius 1 is 1.13 bits per heavy atom. The summed E-state index contributed by atoms with van der Waals surface area (Å²) in [4.78, 5) is 11.6.